The molecule has 11 heteroatoms. The van der Waals surface area contributed by atoms with Crippen molar-refractivity contribution in [3.8, 4) is 0 Å². The Morgan fingerprint density at radius 3 is 2.43 bits per heavy atom. The summed E-state index contributed by atoms with van der Waals surface area (Å²) in [4.78, 5) is 29.1. The van der Waals surface area contributed by atoms with Crippen molar-refractivity contribution in [1.29, 1.82) is 0 Å². The molecule has 6 nitrogen and oxygen atoms in total. The van der Waals surface area contributed by atoms with E-state index in [4.69, 9.17) is 0 Å². The highest BCUT2D eigenvalue weighted by molar-refractivity contribution is 7.05. The molecular weight excluding hydrogens is 508 g/mol. The van der Waals surface area contributed by atoms with E-state index in [9.17, 15) is 27.2 Å². The maximum absolute atomic E-state index is 14.7. The topological polar surface area (TPSA) is 75.2 Å². The first-order valence-corrected chi connectivity index (χ1v) is 12.7. The van der Waals surface area contributed by atoms with Gasteiger partial charge in [0.1, 0.15) is 11.9 Å². The Hall–Kier alpha value is -3.34. The number of carbonyl (C=O) groups excluding carboxylic acids is 2. The molecule has 0 saturated heterocycles. The minimum Gasteiger partial charge on any atom is -0.351 e. The lowest BCUT2D eigenvalue weighted by molar-refractivity contribution is -0.137. The van der Waals surface area contributed by atoms with Crippen LogP contribution in [0.1, 0.15) is 70.2 Å². The summed E-state index contributed by atoms with van der Waals surface area (Å²) in [5.41, 5.74) is -0.757. The van der Waals surface area contributed by atoms with Crippen LogP contribution in [0.2, 0.25) is 0 Å². The number of nitrogens with one attached hydrogen (secondary N) is 1. The van der Waals surface area contributed by atoms with E-state index in [1.165, 1.54) is 24.3 Å². The average Bonchev–Trinajstić information content (AvgIpc) is 3.30. The molecule has 1 unspecified atom stereocenters. The maximum atomic E-state index is 14.7. The molecule has 196 valence electrons. The summed E-state index contributed by atoms with van der Waals surface area (Å²) < 4.78 is 59.3. The molecule has 0 radical (unpaired) electrons. The van der Waals surface area contributed by atoms with Gasteiger partial charge in [-0.2, -0.15) is 13.2 Å². The highest BCUT2D eigenvalue weighted by Gasteiger charge is 2.38. The average molecular weight is 535 g/mol. The van der Waals surface area contributed by atoms with E-state index < -0.39 is 35.4 Å². The molecule has 37 heavy (non-hydrogen) atoms. The van der Waals surface area contributed by atoms with Crippen molar-refractivity contribution in [1.82, 2.24) is 14.9 Å². The van der Waals surface area contributed by atoms with Crippen LogP contribution in [0.15, 0.2) is 42.5 Å². The number of benzene rings is 2. The normalized spacial score (nSPS) is 15.3. The van der Waals surface area contributed by atoms with Crippen LogP contribution in [-0.2, 0) is 11.0 Å². The van der Waals surface area contributed by atoms with Gasteiger partial charge in [-0.25, -0.2) is 4.39 Å². The number of alkyl halides is 3. The lowest BCUT2D eigenvalue weighted by atomic mass is 9.94. The number of nitrogens with zero attached hydrogens (tertiary/aromatic N) is 3. The van der Waals surface area contributed by atoms with Crippen LogP contribution in [0.5, 0.6) is 0 Å². The van der Waals surface area contributed by atoms with Crippen molar-refractivity contribution >= 4 is 29.0 Å². The molecule has 1 aromatic heterocycles. The van der Waals surface area contributed by atoms with Crippen LogP contribution in [0.25, 0.3) is 0 Å². The van der Waals surface area contributed by atoms with Crippen molar-refractivity contribution in [2.24, 2.45) is 0 Å². The van der Waals surface area contributed by atoms with Crippen molar-refractivity contribution in [2.75, 3.05) is 4.90 Å². The van der Waals surface area contributed by atoms with E-state index in [-0.39, 0.29) is 23.0 Å². The van der Waals surface area contributed by atoms with Gasteiger partial charge >= 0.3 is 6.18 Å². The summed E-state index contributed by atoms with van der Waals surface area (Å²) in [6.45, 7) is 3.16. The van der Waals surface area contributed by atoms with Crippen molar-refractivity contribution in [2.45, 2.75) is 64.2 Å². The summed E-state index contributed by atoms with van der Waals surface area (Å²) in [5.74, 6) is -2.05. The third-order valence-electron chi connectivity index (χ3n) is 6.49. The SMILES string of the molecule is Cc1ccc(N(C(=O)c2nnsc2C)C(C(=O)NC2CCCCC2)c2cccc(C(F)(F)F)c2)cc1F. The maximum Gasteiger partial charge on any atom is 0.416 e. The molecule has 1 N–H and O–H groups in total. The third-order valence-corrected chi connectivity index (χ3v) is 7.13. The van der Waals surface area contributed by atoms with Gasteiger partial charge < -0.3 is 5.32 Å². The number of aryl methyl sites for hydroxylation is 2. The molecule has 1 fully saturated rings. The molecule has 4 rings (SSSR count). The van der Waals surface area contributed by atoms with E-state index >= 15 is 0 Å². The lowest BCUT2D eigenvalue weighted by Crippen LogP contribution is -2.47. The van der Waals surface area contributed by atoms with Gasteiger partial charge in [0, 0.05) is 11.7 Å². The number of carbonyl (C=O) groups is 2. The van der Waals surface area contributed by atoms with Crippen LogP contribution in [-0.4, -0.2) is 27.4 Å². The van der Waals surface area contributed by atoms with Crippen molar-refractivity contribution in [3.05, 3.63) is 75.5 Å². The number of halogens is 4. The molecule has 0 aliphatic heterocycles. The molecule has 1 atom stereocenters. The van der Waals surface area contributed by atoms with E-state index in [2.05, 4.69) is 14.9 Å². The quantitative estimate of drug-likeness (QED) is 0.385. The first-order chi connectivity index (χ1) is 17.6. The molecule has 2 aromatic carbocycles. The fourth-order valence-electron chi connectivity index (χ4n) is 4.49. The van der Waals surface area contributed by atoms with Gasteiger partial charge in [0.05, 0.1) is 10.4 Å². The minimum absolute atomic E-state index is 0.0155. The highest BCUT2D eigenvalue weighted by atomic mass is 32.1. The van der Waals surface area contributed by atoms with Gasteiger partial charge in [-0.05, 0) is 73.6 Å². The molecule has 1 aliphatic carbocycles. The zero-order chi connectivity index (χ0) is 26.7. The van der Waals surface area contributed by atoms with Gasteiger partial charge in [-0.1, -0.05) is 41.9 Å². The summed E-state index contributed by atoms with van der Waals surface area (Å²) in [6, 6.07) is 6.60. The van der Waals surface area contributed by atoms with Gasteiger partial charge in [-0.15, -0.1) is 5.10 Å². The zero-order valence-electron chi connectivity index (χ0n) is 20.3. The van der Waals surface area contributed by atoms with Crippen LogP contribution in [0.3, 0.4) is 0 Å². The predicted molar refractivity (Wildman–Crippen MR) is 132 cm³/mol. The van der Waals surface area contributed by atoms with E-state index in [0.29, 0.717) is 10.4 Å². The number of amides is 2. The molecule has 2 amide bonds. The second-order valence-electron chi connectivity index (χ2n) is 9.16. The predicted octanol–water partition coefficient (Wildman–Crippen LogP) is 6.15. The molecule has 1 saturated carbocycles. The summed E-state index contributed by atoms with van der Waals surface area (Å²) >= 11 is 0.969. The molecule has 1 heterocycles. The smallest absolute Gasteiger partial charge is 0.351 e. The van der Waals surface area contributed by atoms with Crippen LogP contribution in [0.4, 0.5) is 23.2 Å². The molecule has 3 aromatic rings. The first-order valence-electron chi connectivity index (χ1n) is 11.9. The summed E-state index contributed by atoms with van der Waals surface area (Å²) in [5, 5.41) is 6.81. The fraction of sp³-hybridized carbons (Fsp3) is 0.385. The van der Waals surface area contributed by atoms with Crippen LogP contribution >= 0.6 is 11.5 Å². The number of hydrogen-bond acceptors (Lipinski definition) is 5. The van der Waals surface area contributed by atoms with Gasteiger partial charge in [0.25, 0.3) is 5.91 Å². The summed E-state index contributed by atoms with van der Waals surface area (Å²) in [7, 11) is 0. The molecular formula is C26H26F4N4O2S. The van der Waals surface area contributed by atoms with Gasteiger partial charge in [-0.3, -0.25) is 14.5 Å². The number of rotatable bonds is 6. The van der Waals surface area contributed by atoms with Crippen LogP contribution < -0.4 is 10.2 Å². The van der Waals surface area contributed by atoms with Crippen molar-refractivity contribution < 1.29 is 27.2 Å². The van der Waals surface area contributed by atoms with E-state index in [1.807, 2.05) is 0 Å². The van der Waals surface area contributed by atoms with E-state index in [0.717, 1.165) is 66.7 Å². The third kappa shape index (κ3) is 5.98. The number of hydrogen-bond donors (Lipinski definition) is 1. The molecule has 0 bridgehead atoms. The Bertz CT molecular complexity index is 1290. The van der Waals surface area contributed by atoms with Gasteiger partial charge in [0.15, 0.2) is 5.69 Å². The van der Waals surface area contributed by atoms with Crippen molar-refractivity contribution in [3.63, 3.8) is 0 Å². The minimum atomic E-state index is -4.67. The Kier molecular flexibility index (Phi) is 7.91. The second kappa shape index (κ2) is 11.0. The Labute approximate surface area is 215 Å². The van der Waals surface area contributed by atoms with E-state index in [1.54, 1.807) is 13.8 Å². The Morgan fingerprint density at radius 1 is 1.08 bits per heavy atom. The fourth-order valence-corrected chi connectivity index (χ4v) is 4.95. The molecule has 0 spiro atoms. The monoisotopic (exact) mass is 534 g/mol. The standard InChI is InChI=1S/C26H26F4N4O2S/c1-15-11-12-20(14-21(15)27)34(25(36)22-16(2)37-33-32-22)23(24(35)31-19-9-4-3-5-10-19)17-7-6-8-18(13-17)26(28,29)30/h6-8,11-14,19,23H,3-5,9-10H2,1-2H3,(H,31,35). The second-order valence-corrected chi connectivity index (χ2v) is 10.1. The Morgan fingerprint density at radius 2 is 1.81 bits per heavy atom. The Balaban J connectivity index is 1.88. The zero-order valence-corrected chi connectivity index (χ0v) is 21.1. The summed E-state index contributed by atoms with van der Waals surface area (Å²) in [6.07, 6.45) is -0.358. The highest BCUT2D eigenvalue weighted by Crippen LogP contribution is 2.35. The largest absolute Gasteiger partial charge is 0.416 e. The lowest BCUT2D eigenvalue weighted by Gasteiger charge is -2.33. The van der Waals surface area contributed by atoms with Crippen LogP contribution in [0, 0.1) is 19.7 Å². The molecule has 1 aliphatic rings. The number of aromatic nitrogens is 2. The first kappa shape index (κ1) is 26.7. The number of anilines is 1. The van der Waals surface area contributed by atoms with Gasteiger partial charge in [0.2, 0.25) is 5.91 Å².